The summed E-state index contributed by atoms with van der Waals surface area (Å²) in [7, 11) is 0. The summed E-state index contributed by atoms with van der Waals surface area (Å²) in [5, 5.41) is 17.1. The lowest BCUT2D eigenvalue weighted by Crippen LogP contribution is -2.32. The number of carbonyl (C=O) groups excluding carboxylic acids is 1. The van der Waals surface area contributed by atoms with Crippen LogP contribution in [0.5, 0.6) is 0 Å². The van der Waals surface area contributed by atoms with Crippen molar-refractivity contribution in [1.82, 2.24) is 24.8 Å². The van der Waals surface area contributed by atoms with Gasteiger partial charge < -0.3 is 25.0 Å². The maximum Gasteiger partial charge on any atom is 0.407 e. The normalized spacial score (nSPS) is 25.3. The number of alkyl carbamates (subject to hydrolysis) is 1. The molecule has 2 aromatic rings. The van der Waals surface area contributed by atoms with Crippen LogP contribution in [0.1, 0.15) is 65.1 Å². The van der Waals surface area contributed by atoms with Crippen molar-refractivity contribution < 1.29 is 14.6 Å². The number of nitrogens with one attached hydrogen (secondary N) is 2. The van der Waals surface area contributed by atoms with Crippen LogP contribution in [0, 0.1) is 17.8 Å². The van der Waals surface area contributed by atoms with Crippen molar-refractivity contribution in [3.63, 3.8) is 0 Å². The smallest absolute Gasteiger partial charge is 0.407 e. The number of hydrogen-bond donors (Lipinski definition) is 3. The zero-order valence-corrected chi connectivity index (χ0v) is 19.0. The van der Waals surface area contributed by atoms with Crippen LogP contribution in [-0.4, -0.2) is 55.0 Å². The standard InChI is InChI=1S/C23H32N6O3/c1-4-16(5-2)26-20-19-21(29(14-25-19)13-17-12-24-22(30)32-17)28-18(27-20)8-10-23(31)9-6-7-15(3)11-23/h14-17,31H,4-7,9,11-13H2,1-3H3,(H,24,30)(H,26,27,28). The van der Waals surface area contributed by atoms with Gasteiger partial charge in [0.05, 0.1) is 19.4 Å². The highest BCUT2D eigenvalue weighted by atomic mass is 16.6. The molecule has 3 unspecified atom stereocenters. The SMILES string of the molecule is CCC(CC)Nc1nc(C#CC2(O)CCCC(C)C2)nc2c1ncn2CC1CNC(=O)O1. The summed E-state index contributed by atoms with van der Waals surface area (Å²) in [6.07, 6.45) is 6.32. The Balaban J connectivity index is 1.69. The summed E-state index contributed by atoms with van der Waals surface area (Å²) < 4.78 is 7.14. The molecular weight excluding hydrogens is 408 g/mol. The van der Waals surface area contributed by atoms with Crippen LogP contribution in [0.2, 0.25) is 0 Å². The van der Waals surface area contributed by atoms with E-state index in [1.807, 2.05) is 4.57 Å². The fraction of sp³-hybridized carbons (Fsp3) is 0.652. The number of aromatic nitrogens is 4. The molecule has 172 valence electrons. The van der Waals surface area contributed by atoms with Gasteiger partial charge in [-0.1, -0.05) is 33.1 Å². The van der Waals surface area contributed by atoms with E-state index in [0.717, 1.165) is 25.7 Å². The lowest BCUT2D eigenvalue weighted by molar-refractivity contribution is 0.0410. The molecule has 2 fully saturated rings. The second-order valence-corrected chi connectivity index (χ2v) is 9.01. The summed E-state index contributed by atoms with van der Waals surface area (Å²) >= 11 is 0. The third-order valence-electron chi connectivity index (χ3n) is 6.32. The van der Waals surface area contributed by atoms with Crippen molar-refractivity contribution in [3.8, 4) is 11.8 Å². The Morgan fingerprint density at radius 3 is 2.91 bits per heavy atom. The molecule has 1 amide bonds. The molecule has 1 saturated heterocycles. The molecule has 9 heteroatoms. The van der Waals surface area contributed by atoms with E-state index in [4.69, 9.17) is 4.74 Å². The molecule has 9 nitrogen and oxygen atoms in total. The Labute approximate surface area is 188 Å². The lowest BCUT2D eigenvalue weighted by atomic mass is 9.79. The van der Waals surface area contributed by atoms with Gasteiger partial charge >= 0.3 is 6.09 Å². The number of fused-ring (bicyclic) bond motifs is 1. The Morgan fingerprint density at radius 1 is 1.41 bits per heavy atom. The van der Waals surface area contributed by atoms with E-state index in [9.17, 15) is 9.90 Å². The first-order chi connectivity index (χ1) is 15.4. The maximum absolute atomic E-state index is 11.4. The Kier molecular flexibility index (Phi) is 6.51. The average Bonchev–Trinajstić information content (AvgIpc) is 3.36. The molecule has 1 saturated carbocycles. The molecule has 0 bridgehead atoms. The van der Waals surface area contributed by atoms with Crippen LogP contribution >= 0.6 is 0 Å². The van der Waals surface area contributed by atoms with Crippen LogP contribution in [0.15, 0.2) is 6.33 Å². The van der Waals surface area contributed by atoms with E-state index < -0.39 is 11.7 Å². The van der Waals surface area contributed by atoms with Crippen LogP contribution in [0.25, 0.3) is 11.2 Å². The minimum Gasteiger partial charge on any atom is -0.442 e. The molecule has 0 spiro atoms. The van der Waals surface area contributed by atoms with Gasteiger partial charge in [-0.3, -0.25) is 0 Å². The Bertz CT molecular complexity index is 1040. The number of cyclic esters (lactones) is 1. The first-order valence-corrected chi connectivity index (χ1v) is 11.6. The van der Waals surface area contributed by atoms with Crippen LogP contribution in [-0.2, 0) is 11.3 Å². The van der Waals surface area contributed by atoms with E-state index in [0.29, 0.717) is 54.7 Å². The zero-order chi connectivity index (χ0) is 22.7. The highest BCUT2D eigenvalue weighted by Crippen LogP contribution is 2.31. The summed E-state index contributed by atoms with van der Waals surface area (Å²) in [6.45, 7) is 7.28. The van der Waals surface area contributed by atoms with E-state index in [1.54, 1.807) is 6.33 Å². The number of aliphatic hydroxyl groups is 1. The van der Waals surface area contributed by atoms with Gasteiger partial charge in [0.15, 0.2) is 17.0 Å². The minimum atomic E-state index is -0.997. The zero-order valence-electron chi connectivity index (χ0n) is 19.0. The molecule has 0 aromatic carbocycles. The number of hydrogen-bond acceptors (Lipinski definition) is 7. The number of rotatable bonds is 6. The van der Waals surface area contributed by atoms with Crippen LogP contribution in [0.3, 0.4) is 0 Å². The number of amides is 1. The van der Waals surface area contributed by atoms with Crippen molar-refractivity contribution in [2.24, 2.45) is 5.92 Å². The van der Waals surface area contributed by atoms with E-state index >= 15 is 0 Å². The molecular formula is C23H32N6O3. The topological polar surface area (TPSA) is 114 Å². The average molecular weight is 441 g/mol. The summed E-state index contributed by atoms with van der Waals surface area (Å²) in [6, 6.07) is 0.252. The molecule has 0 radical (unpaired) electrons. The number of imidazole rings is 1. The Hall–Kier alpha value is -2.86. The predicted molar refractivity (Wildman–Crippen MR) is 121 cm³/mol. The highest BCUT2D eigenvalue weighted by Gasteiger charge is 2.31. The van der Waals surface area contributed by atoms with E-state index in [1.165, 1.54) is 0 Å². The molecule has 3 heterocycles. The largest absolute Gasteiger partial charge is 0.442 e. The van der Waals surface area contributed by atoms with Gasteiger partial charge in [0.1, 0.15) is 11.7 Å². The fourth-order valence-electron chi connectivity index (χ4n) is 4.48. The molecule has 2 aliphatic rings. The van der Waals surface area contributed by atoms with Crippen molar-refractivity contribution in [2.45, 2.75) is 83.6 Å². The number of ether oxygens (including phenoxy) is 1. The van der Waals surface area contributed by atoms with Gasteiger partial charge in [0, 0.05) is 6.04 Å². The van der Waals surface area contributed by atoms with Crippen LogP contribution in [0.4, 0.5) is 10.6 Å². The molecule has 3 atom stereocenters. The molecule has 3 N–H and O–H groups in total. The number of anilines is 1. The molecule has 32 heavy (non-hydrogen) atoms. The van der Waals surface area contributed by atoms with Gasteiger partial charge in [0.25, 0.3) is 0 Å². The molecule has 2 aromatic heterocycles. The number of carbonyl (C=O) groups is 1. The van der Waals surface area contributed by atoms with Crippen molar-refractivity contribution in [1.29, 1.82) is 0 Å². The summed E-state index contributed by atoms with van der Waals surface area (Å²) in [5.41, 5.74) is 0.289. The third-order valence-corrected chi connectivity index (χ3v) is 6.32. The third kappa shape index (κ3) is 4.96. The predicted octanol–water partition coefficient (Wildman–Crippen LogP) is 2.83. The van der Waals surface area contributed by atoms with Gasteiger partial charge in [-0.25, -0.2) is 19.7 Å². The molecule has 4 rings (SSSR count). The van der Waals surface area contributed by atoms with Crippen molar-refractivity contribution in [2.75, 3.05) is 11.9 Å². The van der Waals surface area contributed by atoms with E-state index in [2.05, 4.69) is 58.2 Å². The van der Waals surface area contributed by atoms with Gasteiger partial charge in [-0.15, -0.1) is 0 Å². The van der Waals surface area contributed by atoms with Gasteiger partial charge in [-0.05, 0) is 43.9 Å². The minimum absolute atomic E-state index is 0.252. The van der Waals surface area contributed by atoms with E-state index in [-0.39, 0.29) is 12.1 Å². The van der Waals surface area contributed by atoms with Gasteiger partial charge in [-0.2, -0.15) is 0 Å². The highest BCUT2D eigenvalue weighted by molar-refractivity contribution is 5.83. The van der Waals surface area contributed by atoms with Crippen LogP contribution < -0.4 is 10.6 Å². The Morgan fingerprint density at radius 2 is 2.22 bits per heavy atom. The van der Waals surface area contributed by atoms with Crippen molar-refractivity contribution >= 4 is 23.1 Å². The maximum atomic E-state index is 11.4. The van der Waals surface area contributed by atoms with Gasteiger partial charge in [0.2, 0.25) is 5.82 Å². The second-order valence-electron chi connectivity index (χ2n) is 9.01. The quantitative estimate of drug-likeness (QED) is 0.592. The second kappa shape index (κ2) is 9.33. The fourth-order valence-corrected chi connectivity index (χ4v) is 4.48. The molecule has 1 aliphatic carbocycles. The molecule has 1 aliphatic heterocycles. The van der Waals surface area contributed by atoms with Crippen molar-refractivity contribution in [3.05, 3.63) is 12.2 Å². The monoisotopic (exact) mass is 440 g/mol. The number of nitrogens with zero attached hydrogens (tertiary/aromatic N) is 4. The first kappa shape index (κ1) is 22.3. The first-order valence-electron chi connectivity index (χ1n) is 11.6. The lowest BCUT2D eigenvalue weighted by Gasteiger charge is -2.30. The summed E-state index contributed by atoms with van der Waals surface area (Å²) in [5.74, 6) is 7.52. The summed E-state index contributed by atoms with van der Waals surface area (Å²) in [4.78, 5) is 25.2.